The molecular weight excluding hydrogens is 366 g/mol. The van der Waals surface area contributed by atoms with Gasteiger partial charge in [-0.15, -0.1) is 6.42 Å². The van der Waals surface area contributed by atoms with Crippen molar-refractivity contribution in [1.29, 1.82) is 0 Å². The van der Waals surface area contributed by atoms with Gasteiger partial charge in [-0.2, -0.15) is 0 Å². The maximum atomic E-state index is 5.73. The minimum Gasteiger partial charge on any atom is -0.261 e. The summed E-state index contributed by atoms with van der Waals surface area (Å²) in [4.78, 5) is 13.6. The number of hydrogen-bond acceptors (Lipinski definition) is 3. The third kappa shape index (κ3) is 6.00. The number of rotatable bonds is 9. The van der Waals surface area contributed by atoms with Crippen LogP contribution in [-0.2, 0) is 12.8 Å². The molecule has 0 saturated heterocycles. The van der Waals surface area contributed by atoms with E-state index in [1.807, 2.05) is 30.6 Å². The van der Waals surface area contributed by atoms with Crippen molar-refractivity contribution in [3.63, 3.8) is 0 Å². The van der Waals surface area contributed by atoms with Gasteiger partial charge in [-0.05, 0) is 79.0 Å². The summed E-state index contributed by atoms with van der Waals surface area (Å²) < 4.78 is 0. The molecule has 3 aromatic rings. The van der Waals surface area contributed by atoms with Crippen molar-refractivity contribution >= 4 is 0 Å². The molecule has 3 heterocycles. The standard InChI is InChI=1S/C27H31N3/c1-5-24(26-8-6-7-16-28-26)13-11-23-12-14-25(30-19-23)21(4)9-10-22-15-17-29-27(18-22)20(2)3/h1,6-8,12,14-21,24H,9-11,13H2,2-4H3/t21-,24?/m1/s1. The Labute approximate surface area is 181 Å². The third-order valence-corrected chi connectivity index (χ3v) is 5.62. The summed E-state index contributed by atoms with van der Waals surface area (Å²) in [6.45, 7) is 6.62. The van der Waals surface area contributed by atoms with Crippen molar-refractivity contribution in [2.75, 3.05) is 0 Å². The maximum absolute atomic E-state index is 5.73. The summed E-state index contributed by atoms with van der Waals surface area (Å²) in [5.41, 5.74) is 5.86. The lowest BCUT2D eigenvalue weighted by atomic mass is 9.95. The van der Waals surface area contributed by atoms with Crippen LogP contribution in [0, 0.1) is 12.3 Å². The fraction of sp³-hybridized carbons (Fsp3) is 0.370. The van der Waals surface area contributed by atoms with Crippen molar-refractivity contribution in [2.45, 2.75) is 64.2 Å². The fourth-order valence-electron chi connectivity index (χ4n) is 3.58. The predicted octanol–water partition coefficient (Wildman–Crippen LogP) is 6.08. The van der Waals surface area contributed by atoms with E-state index in [1.165, 1.54) is 16.8 Å². The van der Waals surface area contributed by atoms with Crippen LogP contribution >= 0.6 is 0 Å². The molecule has 0 fully saturated rings. The topological polar surface area (TPSA) is 38.7 Å². The molecule has 0 N–H and O–H groups in total. The summed E-state index contributed by atoms with van der Waals surface area (Å²) in [6.07, 6.45) is 15.4. The van der Waals surface area contributed by atoms with Crippen molar-refractivity contribution in [3.8, 4) is 12.3 Å². The van der Waals surface area contributed by atoms with Crippen LogP contribution in [-0.4, -0.2) is 15.0 Å². The summed E-state index contributed by atoms with van der Waals surface area (Å²) >= 11 is 0. The van der Waals surface area contributed by atoms with Gasteiger partial charge in [0, 0.05) is 30.0 Å². The second-order valence-electron chi connectivity index (χ2n) is 8.29. The molecule has 3 heteroatoms. The highest BCUT2D eigenvalue weighted by Gasteiger charge is 2.11. The van der Waals surface area contributed by atoms with Crippen LogP contribution in [0.3, 0.4) is 0 Å². The molecule has 3 nitrogen and oxygen atoms in total. The first-order chi connectivity index (χ1) is 14.6. The molecule has 0 aliphatic heterocycles. The quantitative estimate of drug-likeness (QED) is 0.411. The van der Waals surface area contributed by atoms with E-state index in [4.69, 9.17) is 11.4 Å². The van der Waals surface area contributed by atoms with Crippen LogP contribution in [0.1, 0.15) is 79.6 Å². The molecule has 0 amide bonds. The van der Waals surface area contributed by atoms with Crippen LogP contribution in [0.15, 0.2) is 61.1 Å². The molecule has 2 atom stereocenters. The van der Waals surface area contributed by atoms with E-state index in [1.54, 1.807) is 6.20 Å². The van der Waals surface area contributed by atoms with Crippen LogP contribution < -0.4 is 0 Å². The minimum absolute atomic E-state index is 0.0425. The zero-order valence-electron chi connectivity index (χ0n) is 18.3. The minimum atomic E-state index is 0.0425. The van der Waals surface area contributed by atoms with Gasteiger partial charge in [-0.3, -0.25) is 15.0 Å². The van der Waals surface area contributed by atoms with Gasteiger partial charge in [0.1, 0.15) is 0 Å². The maximum Gasteiger partial charge on any atom is 0.0625 e. The van der Waals surface area contributed by atoms with Gasteiger partial charge in [0.2, 0.25) is 0 Å². The molecule has 30 heavy (non-hydrogen) atoms. The molecule has 0 aliphatic carbocycles. The van der Waals surface area contributed by atoms with Gasteiger partial charge >= 0.3 is 0 Å². The van der Waals surface area contributed by atoms with Crippen molar-refractivity contribution < 1.29 is 0 Å². The molecule has 0 radical (unpaired) electrons. The number of hydrogen-bond donors (Lipinski definition) is 0. The van der Waals surface area contributed by atoms with Crippen LogP contribution in [0.4, 0.5) is 0 Å². The Hall–Kier alpha value is -2.99. The second-order valence-corrected chi connectivity index (χ2v) is 8.29. The van der Waals surface area contributed by atoms with Crippen LogP contribution in [0.5, 0.6) is 0 Å². The summed E-state index contributed by atoms with van der Waals surface area (Å²) in [6, 6.07) is 14.6. The van der Waals surface area contributed by atoms with E-state index in [9.17, 15) is 0 Å². The van der Waals surface area contributed by atoms with Crippen molar-refractivity contribution in [3.05, 3.63) is 89.3 Å². The smallest absolute Gasteiger partial charge is 0.0625 e. The Bertz CT molecular complexity index is 955. The Kier molecular flexibility index (Phi) is 7.74. The SMILES string of the molecule is C#CC(CCc1ccc([C@H](C)CCc2ccnc(C(C)C)c2)nc1)c1ccccn1. The van der Waals surface area contributed by atoms with Gasteiger partial charge in [-0.25, -0.2) is 0 Å². The summed E-state index contributed by atoms with van der Waals surface area (Å²) in [7, 11) is 0. The van der Waals surface area contributed by atoms with Crippen LogP contribution in [0.2, 0.25) is 0 Å². The highest BCUT2D eigenvalue weighted by Crippen LogP contribution is 2.23. The molecule has 3 aromatic heterocycles. The van der Waals surface area contributed by atoms with Gasteiger partial charge in [0.05, 0.1) is 11.6 Å². The highest BCUT2D eigenvalue weighted by molar-refractivity contribution is 5.23. The Morgan fingerprint density at radius 3 is 2.27 bits per heavy atom. The average Bonchev–Trinajstić information content (AvgIpc) is 2.79. The molecule has 0 bridgehead atoms. The molecular formula is C27H31N3. The molecule has 3 rings (SSSR count). The third-order valence-electron chi connectivity index (χ3n) is 5.62. The number of nitrogens with zero attached hydrogens (tertiary/aromatic N) is 3. The van der Waals surface area contributed by atoms with E-state index < -0.39 is 0 Å². The number of aryl methyl sites for hydroxylation is 2. The van der Waals surface area contributed by atoms with Gasteiger partial charge in [0.15, 0.2) is 0 Å². The van der Waals surface area contributed by atoms with Crippen molar-refractivity contribution in [1.82, 2.24) is 15.0 Å². The first kappa shape index (κ1) is 21.7. The lowest BCUT2D eigenvalue weighted by molar-refractivity contribution is 0.656. The second kappa shape index (κ2) is 10.7. The van der Waals surface area contributed by atoms with E-state index in [0.717, 1.165) is 37.1 Å². The lowest BCUT2D eigenvalue weighted by Gasteiger charge is -2.13. The largest absolute Gasteiger partial charge is 0.261 e. The molecule has 0 aromatic carbocycles. The van der Waals surface area contributed by atoms with Gasteiger partial charge in [0.25, 0.3) is 0 Å². The van der Waals surface area contributed by atoms with E-state index >= 15 is 0 Å². The van der Waals surface area contributed by atoms with E-state index in [-0.39, 0.29) is 5.92 Å². The summed E-state index contributed by atoms with van der Waals surface area (Å²) in [5.74, 6) is 3.80. The first-order valence-corrected chi connectivity index (χ1v) is 10.8. The molecule has 0 saturated carbocycles. The Morgan fingerprint density at radius 1 is 0.800 bits per heavy atom. The molecule has 1 unspecified atom stereocenters. The Balaban J connectivity index is 1.53. The fourth-order valence-corrected chi connectivity index (χ4v) is 3.58. The Morgan fingerprint density at radius 2 is 1.60 bits per heavy atom. The molecule has 0 aliphatic rings. The van der Waals surface area contributed by atoms with Crippen LogP contribution in [0.25, 0.3) is 0 Å². The number of aromatic nitrogens is 3. The average molecular weight is 398 g/mol. The monoisotopic (exact) mass is 397 g/mol. The zero-order valence-corrected chi connectivity index (χ0v) is 18.3. The van der Waals surface area contributed by atoms with Crippen molar-refractivity contribution in [2.24, 2.45) is 0 Å². The predicted molar refractivity (Wildman–Crippen MR) is 123 cm³/mol. The zero-order chi connectivity index (χ0) is 21.3. The highest BCUT2D eigenvalue weighted by atomic mass is 14.7. The first-order valence-electron chi connectivity index (χ1n) is 10.8. The summed E-state index contributed by atoms with van der Waals surface area (Å²) in [5, 5.41) is 0. The normalized spacial score (nSPS) is 13.0. The van der Waals surface area contributed by atoms with E-state index in [0.29, 0.717) is 11.8 Å². The molecule has 0 spiro atoms. The number of terminal acetylenes is 1. The number of pyridine rings is 3. The molecule has 154 valence electrons. The van der Waals surface area contributed by atoms with Gasteiger partial charge < -0.3 is 0 Å². The van der Waals surface area contributed by atoms with Gasteiger partial charge in [-0.1, -0.05) is 38.8 Å². The lowest BCUT2D eigenvalue weighted by Crippen LogP contribution is -2.03. The van der Waals surface area contributed by atoms with E-state index in [2.05, 4.69) is 60.9 Å².